The molecule has 6 heteroatoms. The van der Waals surface area contributed by atoms with Gasteiger partial charge in [0, 0.05) is 24.4 Å². The Morgan fingerprint density at radius 2 is 1.44 bits per heavy atom. The van der Waals surface area contributed by atoms with Gasteiger partial charge in [0.05, 0.1) is 12.2 Å². The molecule has 0 bridgehead atoms. The van der Waals surface area contributed by atoms with E-state index in [2.05, 4.69) is 10.6 Å². The second-order valence-corrected chi connectivity index (χ2v) is 7.11. The molecule has 0 atom stereocenters. The number of para-hydroxylation sites is 1. The second-order valence-electron chi connectivity index (χ2n) is 7.11. The van der Waals surface area contributed by atoms with Crippen LogP contribution in [0.5, 0.6) is 5.75 Å². The molecular formula is C26H28N2O4. The number of carbonyl (C=O) groups excluding carboxylic acids is 2. The number of benzene rings is 3. The van der Waals surface area contributed by atoms with Crippen molar-refractivity contribution in [3.63, 3.8) is 0 Å². The van der Waals surface area contributed by atoms with Gasteiger partial charge in [0.2, 0.25) is 5.91 Å². The number of rotatable bonds is 11. The number of aryl methyl sites for hydroxylation is 1. The molecule has 0 unspecified atom stereocenters. The lowest BCUT2D eigenvalue weighted by Crippen LogP contribution is -2.15. The van der Waals surface area contributed by atoms with Gasteiger partial charge in [-0.3, -0.25) is 9.59 Å². The fourth-order valence-corrected chi connectivity index (χ4v) is 3.10. The summed E-state index contributed by atoms with van der Waals surface area (Å²) < 4.78 is 11.0. The Kier molecular flexibility index (Phi) is 8.83. The molecule has 166 valence electrons. The molecule has 0 aliphatic heterocycles. The fourth-order valence-electron chi connectivity index (χ4n) is 3.10. The minimum absolute atomic E-state index is 0.0521. The highest BCUT2D eigenvalue weighted by atomic mass is 16.5. The summed E-state index contributed by atoms with van der Waals surface area (Å²) in [5, 5.41) is 5.75. The number of anilines is 2. The Morgan fingerprint density at radius 1 is 0.781 bits per heavy atom. The highest BCUT2D eigenvalue weighted by Crippen LogP contribution is 2.21. The van der Waals surface area contributed by atoms with Gasteiger partial charge in [-0.2, -0.15) is 0 Å². The molecule has 0 aliphatic rings. The number of hydrogen-bond acceptors (Lipinski definition) is 4. The fraction of sp³-hybridized carbons (Fsp3) is 0.231. The van der Waals surface area contributed by atoms with E-state index in [1.54, 1.807) is 42.5 Å². The third kappa shape index (κ3) is 7.25. The maximum Gasteiger partial charge on any atom is 0.259 e. The molecule has 0 radical (unpaired) electrons. The van der Waals surface area contributed by atoms with Crippen molar-refractivity contribution in [2.45, 2.75) is 19.8 Å². The predicted molar refractivity (Wildman–Crippen MR) is 126 cm³/mol. The summed E-state index contributed by atoms with van der Waals surface area (Å²) in [5.41, 5.74) is 2.88. The maximum absolute atomic E-state index is 12.7. The van der Waals surface area contributed by atoms with Gasteiger partial charge in [-0.05, 0) is 55.3 Å². The van der Waals surface area contributed by atoms with E-state index in [4.69, 9.17) is 9.47 Å². The Morgan fingerprint density at radius 3 is 2.16 bits per heavy atom. The van der Waals surface area contributed by atoms with Crippen LogP contribution >= 0.6 is 0 Å². The zero-order chi connectivity index (χ0) is 22.6. The lowest BCUT2D eigenvalue weighted by atomic mass is 10.1. The van der Waals surface area contributed by atoms with Crippen molar-refractivity contribution in [1.29, 1.82) is 0 Å². The van der Waals surface area contributed by atoms with Crippen LogP contribution in [0.4, 0.5) is 11.4 Å². The smallest absolute Gasteiger partial charge is 0.259 e. The summed E-state index contributed by atoms with van der Waals surface area (Å²) in [6.45, 7) is 3.37. The van der Waals surface area contributed by atoms with Crippen LogP contribution in [0.1, 0.15) is 29.3 Å². The van der Waals surface area contributed by atoms with Gasteiger partial charge in [0.1, 0.15) is 12.4 Å². The number of nitrogens with one attached hydrogen (secondary N) is 2. The number of amides is 2. The van der Waals surface area contributed by atoms with Crippen LogP contribution in [0, 0.1) is 0 Å². The van der Waals surface area contributed by atoms with Crippen molar-refractivity contribution in [1.82, 2.24) is 0 Å². The second kappa shape index (κ2) is 12.3. The highest BCUT2D eigenvalue weighted by molar-refractivity contribution is 6.06. The standard InChI is InChI=1S/C26H28N2O4/c1-2-31-18-19-32-24-11-7-6-10-23(24)26(30)28-22-15-13-21(14-16-22)27-25(29)17-12-20-8-4-3-5-9-20/h3-11,13-16H,2,12,17-19H2,1H3,(H,27,29)(H,28,30). The summed E-state index contributed by atoms with van der Waals surface area (Å²) in [5.74, 6) is 0.187. The Balaban J connectivity index is 1.52. The number of carbonyl (C=O) groups is 2. The van der Waals surface area contributed by atoms with Crippen LogP contribution in [0.15, 0.2) is 78.9 Å². The lowest BCUT2D eigenvalue weighted by Gasteiger charge is -2.12. The minimum Gasteiger partial charge on any atom is -0.490 e. The topological polar surface area (TPSA) is 76.7 Å². The highest BCUT2D eigenvalue weighted by Gasteiger charge is 2.12. The maximum atomic E-state index is 12.7. The summed E-state index contributed by atoms with van der Waals surface area (Å²) in [7, 11) is 0. The number of ether oxygens (including phenoxy) is 2. The van der Waals surface area contributed by atoms with Crippen LogP contribution in [-0.2, 0) is 16.0 Å². The van der Waals surface area contributed by atoms with E-state index in [1.165, 1.54) is 0 Å². The van der Waals surface area contributed by atoms with Gasteiger partial charge in [-0.15, -0.1) is 0 Å². The Hall–Kier alpha value is -3.64. The number of hydrogen-bond donors (Lipinski definition) is 2. The first-order chi connectivity index (χ1) is 15.7. The van der Waals surface area contributed by atoms with Crippen molar-refractivity contribution in [3.8, 4) is 5.75 Å². The first kappa shape index (κ1) is 23.0. The van der Waals surface area contributed by atoms with E-state index in [9.17, 15) is 9.59 Å². The van der Waals surface area contributed by atoms with Crippen LogP contribution in [0.25, 0.3) is 0 Å². The van der Waals surface area contributed by atoms with Gasteiger partial charge in [0.25, 0.3) is 5.91 Å². The van der Waals surface area contributed by atoms with Crippen LogP contribution in [0.2, 0.25) is 0 Å². The summed E-state index contributed by atoms with van der Waals surface area (Å²) in [6.07, 6.45) is 1.09. The predicted octanol–water partition coefficient (Wildman–Crippen LogP) is 4.93. The molecule has 3 aromatic rings. The molecule has 0 saturated carbocycles. The summed E-state index contributed by atoms with van der Waals surface area (Å²) >= 11 is 0. The molecule has 0 saturated heterocycles. The SMILES string of the molecule is CCOCCOc1ccccc1C(=O)Nc1ccc(NC(=O)CCc2ccccc2)cc1. The molecule has 3 aromatic carbocycles. The van der Waals surface area contributed by atoms with Gasteiger partial charge < -0.3 is 20.1 Å². The molecule has 2 N–H and O–H groups in total. The molecule has 2 amide bonds. The first-order valence-electron chi connectivity index (χ1n) is 10.7. The third-order valence-corrected chi connectivity index (χ3v) is 4.73. The quantitative estimate of drug-likeness (QED) is 0.422. The van der Waals surface area contributed by atoms with E-state index in [-0.39, 0.29) is 11.8 Å². The van der Waals surface area contributed by atoms with Crippen molar-refractivity contribution in [2.75, 3.05) is 30.5 Å². The van der Waals surface area contributed by atoms with E-state index < -0.39 is 0 Å². The third-order valence-electron chi connectivity index (χ3n) is 4.73. The van der Waals surface area contributed by atoms with Gasteiger partial charge in [0.15, 0.2) is 0 Å². The first-order valence-corrected chi connectivity index (χ1v) is 10.7. The lowest BCUT2D eigenvalue weighted by molar-refractivity contribution is -0.116. The zero-order valence-electron chi connectivity index (χ0n) is 18.2. The monoisotopic (exact) mass is 432 g/mol. The molecule has 0 heterocycles. The van der Waals surface area contributed by atoms with E-state index >= 15 is 0 Å². The van der Waals surface area contributed by atoms with Crippen molar-refractivity contribution >= 4 is 23.2 Å². The average molecular weight is 433 g/mol. The Bertz CT molecular complexity index is 1000. The average Bonchev–Trinajstić information content (AvgIpc) is 2.83. The molecular weight excluding hydrogens is 404 g/mol. The summed E-state index contributed by atoms with van der Waals surface area (Å²) in [6, 6.07) is 24.0. The van der Waals surface area contributed by atoms with Crippen molar-refractivity contribution in [2.24, 2.45) is 0 Å². The molecule has 0 aliphatic carbocycles. The van der Waals surface area contributed by atoms with Gasteiger partial charge in [-0.25, -0.2) is 0 Å². The van der Waals surface area contributed by atoms with Gasteiger partial charge >= 0.3 is 0 Å². The van der Waals surface area contributed by atoms with E-state index in [0.29, 0.717) is 55.4 Å². The molecule has 0 spiro atoms. The molecule has 3 rings (SSSR count). The molecule has 0 fully saturated rings. The van der Waals surface area contributed by atoms with Crippen LogP contribution in [0.3, 0.4) is 0 Å². The van der Waals surface area contributed by atoms with Crippen molar-refractivity contribution in [3.05, 3.63) is 90.0 Å². The minimum atomic E-state index is -0.267. The van der Waals surface area contributed by atoms with Crippen molar-refractivity contribution < 1.29 is 19.1 Å². The summed E-state index contributed by atoms with van der Waals surface area (Å²) in [4.78, 5) is 24.9. The normalized spacial score (nSPS) is 10.4. The van der Waals surface area contributed by atoms with E-state index in [0.717, 1.165) is 5.56 Å². The van der Waals surface area contributed by atoms with Crippen LogP contribution in [-0.4, -0.2) is 31.6 Å². The largest absolute Gasteiger partial charge is 0.490 e. The molecule has 32 heavy (non-hydrogen) atoms. The van der Waals surface area contributed by atoms with E-state index in [1.807, 2.05) is 43.3 Å². The molecule has 6 nitrogen and oxygen atoms in total. The zero-order valence-corrected chi connectivity index (χ0v) is 18.2. The van der Waals surface area contributed by atoms with Crippen LogP contribution < -0.4 is 15.4 Å². The molecule has 0 aromatic heterocycles. The van der Waals surface area contributed by atoms with Gasteiger partial charge in [-0.1, -0.05) is 42.5 Å². The Labute approximate surface area is 188 Å².